The van der Waals surface area contributed by atoms with Gasteiger partial charge in [-0.1, -0.05) is 12.1 Å². The lowest BCUT2D eigenvalue weighted by molar-refractivity contribution is -0.0573. The topological polar surface area (TPSA) is 35.2 Å². The van der Waals surface area contributed by atoms with E-state index in [1.165, 1.54) is 12.1 Å². The van der Waals surface area contributed by atoms with E-state index < -0.39 is 0 Å². The van der Waals surface area contributed by atoms with Crippen molar-refractivity contribution in [2.75, 3.05) is 6.54 Å². The van der Waals surface area contributed by atoms with Gasteiger partial charge in [-0.25, -0.2) is 4.39 Å². The Kier molecular flexibility index (Phi) is 3.83. The fraction of sp³-hybridized carbons (Fsp3) is 0.500. The highest BCUT2D eigenvalue weighted by Gasteiger charge is 2.19. The first-order chi connectivity index (χ1) is 6.92. The molecule has 3 heteroatoms. The van der Waals surface area contributed by atoms with Crippen molar-refractivity contribution in [2.45, 2.75) is 32.5 Å². The minimum atomic E-state index is -0.281. The van der Waals surface area contributed by atoms with Crippen LogP contribution in [-0.2, 0) is 4.74 Å². The molecule has 1 aromatic carbocycles. The first-order valence-corrected chi connectivity index (χ1v) is 5.06. The summed E-state index contributed by atoms with van der Waals surface area (Å²) in [5, 5.41) is 0. The van der Waals surface area contributed by atoms with Gasteiger partial charge < -0.3 is 10.5 Å². The summed E-state index contributed by atoms with van der Waals surface area (Å²) >= 11 is 0. The van der Waals surface area contributed by atoms with E-state index in [0.29, 0.717) is 6.54 Å². The fourth-order valence-electron chi connectivity index (χ4n) is 1.39. The Labute approximate surface area is 90.2 Å². The quantitative estimate of drug-likeness (QED) is 0.834. The van der Waals surface area contributed by atoms with Crippen LogP contribution in [0.3, 0.4) is 0 Å². The van der Waals surface area contributed by atoms with Gasteiger partial charge in [0.1, 0.15) is 5.82 Å². The second-order valence-electron chi connectivity index (χ2n) is 4.51. The molecule has 0 amide bonds. The first-order valence-electron chi connectivity index (χ1n) is 5.06. The molecule has 0 aliphatic carbocycles. The maximum Gasteiger partial charge on any atom is 0.123 e. The maximum absolute atomic E-state index is 13.0. The Hall–Kier alpha value is -0.930. The van der Waals surface area contributed by atoms with Crippen molar-refractivity contribution in [2.24, 2.45) is 5.73 Å². The van der Waals surface area contributed by atoms with Gasteiger partial charge in [0, 0.05) is 6.54 Å². The minimum absolute atomic E-state index is 0.249. The van der Waals surface area contributed by atoms with Gasteiger partial charge in [-0.15, -0.1) is 0 Å². The van der Waals surface area contributed by atoms with Crippen LogP contribution in [0.4, 0.5) is 4.39 Å². The first kappa shape index (κ1) is 12.1. The number of rotatable bonds is 3. The summed E-state index contributed by atoms with van der Waals surface area (Å²) in [4.78, 5) is 0. The van der Waals surface area contributed by atoms with Crippen LogP contribution in [0.25, 0.3) is 0 Å². The third-order valence-corrected chi connectivity index (χ3v) is 1.93. The summed E-state index contributed by atoms with van der Waals surface area (Å²) < 4.78 is 18.7. The maximum atomic E-state index is 13.0. The zero-order valence-electron chi connectivity index (χ0n) is 9.46. The van der Waals surface area contributed by atoms with Crippen molar-refractivity contribution >= 4 is 0 Å². The van der Waals surface area contributed by atoms with E-state index in [1.54, 1.807) is 6.07 Å². The highest BCUT2D eigenvalue weighted by Crippen LogP contribution is 2.23. The zero-order valence-corrected chi connectivity index (χ0v) is 9.46. The van der Waals surface area contributed by atoms with Gasteiger partial charge in [0.2, 0.25) is 0 Å². The number of nitrogens with two attached hydrogens (primary N) is 1. The predicted octanol–water partition coefficient (Wildman–Crippen LogP) is 2.64. The number of ether oxygens (including phenoxy) is 1. The summed E-state index contributed by atoms with van der Waals surface area (Å²) in [7, 11) is 0. The summed E-state index contributed by atoms with van der Waals surface area (Å²) in [6, 6.07) is 6.36. The van der Waals surface area contributed by atoms with Crippen LogP contribution in [0.2, 0.25) is 0 Å². The highest BCUT2D eigenvalue weighted by atomic mass is 19.1. The van der Waals surface area contributed by atoms with Gasteiger partial charge in [0.15, 0.2) is 0 Å². The van der Waals surface area contributed by atoms with Crippen LogP contribution in [-0.4, -0.2) is 12.1 Å². The monoisotopic (exact) mass is 211 g/mol. The molecular formula is C12H18FNO. The number of hydrogen-bond acceptors (Lipinski definition) is 2. The summed E-state index contributed by atoms with van der Waals surface area (Å²) in [5.74, 6) is -0.261. The van der Waals surface area contributed by atoms with E-state index in [-0.39, 0.29) is 17.5 Å². The Bertz CT molecular complexity index is 320. The molecule has 84 valence electrons. The lowest BCUT2D eigenvalue weighted by atomic mass is 10.1. The average Bonchev–Trinajstić information content (AvgIpc) is 2.13. The molecule has 0 fully saturated rings. The third-order valence-electron chi connectivity index (χ3n) is 1.93. The van der Waals surface area contributed by atoms with E-state index in [4.69, 9.17) is 10.5 Å². The third kappa shape index (κ3) is 3.98. The van der Waals surface area contributed by atoms with E-state index in [1.807, 2.05) is 26.8 Å². The molecule has 0 heterocycles. The van der Waals surface area contributed by atoms with Gasteiger partial charge in [0.05, 0.1) is 11.7 Å². The average molecular weight is 211 g/mol. The van der Waals surface area contributed by atoms with Gasteiger partial charge in [0.25, 0.3) is 0 Å². The molecule has 0 saturated heterocycles. The summed E-state index contributed by atoms with van der Waals surface area (Å²) in [6.07, 6.45) is -0.249. The molecule has 1 rings (SSSR count). The SMILES string of the molecule is CC(C)(C)OC(CN)c1cccc(F)c1. The van der Waals surface area contributed by atoms with Crippen LogP contribution in [0.1, 0.15) is 32.4 Å². The van der Waals surface area contributed by atoms with Crippen molar-refractivity contribution < 1.29 is 9.13 Å². The lowest BCUT2D eigenvalue weighted by Crippen LogP contribution is -2.27. The van der Waals surface area contributed by atoms with Crippen molar-refractivity contribution in [1.29, 1.82) is 0 Å². The molecule has 0 aliphatic heterocycles. The molecular weight excluding hydrogens is 193 g/mol. The Balaban J connectivity index is 2.83. The van der Waals surface area contributed by atoms with E-state index in [9.17, 15) is 4.39 Å². The normalized spacial score (nSPS) is 13.9. The van der Waals surface area contributed by atoms with Gasteiger partial charge in [-0.05, 0) is 38.5 Å². The van der Waals surface area contributed by atoms with Gasteiger partial charge >= 0.3 is 0 Å². The number of benzene rings is 1. The van der Waals surface area contributed by atoms with Crippen LogP contribution >= 0.6 is 0 Å². The standard InChI is InChI=1S/C12H18FNO/c1-12(2,3)15-11(8-14)9-5-4-6-10(13)7-9/h4-7,11H,8,14H2,1-3H3. The largest absolute Gasteiger partial charge is 0.367 e. The smallest absolute Gasteiger partial charge is 0.123 e. The van der Waals surface area contributed by atoms with Crippen molar-refractivity contribution in [3.63, 3.8) is 0 Å². The van der Waals surface area contributed by atoms with Crippen LogP contribution in [0, 0.1) is 5.82 Å². The van der Waals surface area contributed by atoms with Gasteiger partial charge in [-0.2, -0.15) is 0 Å². The second kappa shape index (κ2) is 4.73. The van der Waals surface area contributed by atoms with Crippen LogP contribution in [0.15, 0.2) is 24.3 Å². The van der Waals surface area contributed by atoms with Crippen molar-refractivity contribution in [3.8, 4) is 0 Å². The predicted molar refractivity (Wildman–Crippen MR) is 59.0 cm³/mol. The Morgan fingerprint density at radius 2 is 2.07 bits per heavy atom. The van der Waals surface area contributed by atoms with Crippen LogP contribution in [0.5, 0.6) is 0 Å². The van der Waals surface area contributed by atoms with Crippen molar-refractivity contribution in [1.82, 2.24) is 0 Å². The molecule has 1 atom stereocenters. The molecule has 15 heavy (non-hydrogen) atoms. The molecule has 0 radical (unpaired) electrons. The molecule has 0 saturated carbocycles. The lowest BCUT2D eigenvalue weighted by Gasteiger charge is -2.27. The second-order valence-corrected chi connectivity index (χ2v) is 4.51. The van der Waals surface area contributed by atoms with Crippen LogP contribution < -0.4 is 5.73 Å². The Morgan fingerprint density at radius 1 is 1.40 bits per heavy atom. The molecule has 1 unspecified atom stereocenters. The molecule has 1 aromatic rings. The fourth-order valence-corrected chi connectivity index (χ4v) is 1.39. The van der Waals surface area contributed by atoms with E-state index >= 15 is 0 Å². The molecule has 0 aliphatic rings. The van der Waals surface area contributed by atoms with E-state index in [2.05, 4.69) is 0 Å². The summed E-state index contributed by atoms with van der Waals surface area (Å²) in [6.45, 7) is 6.21. The molecule has 2 N–H and O–H groups in total. The Morgan fingerprint density at radius 3 is 2.53 bits per heavy atom. The minimum Gasteiger partial charge on any atom is -0.367 e. The molecule has 0 bridgehead atoms. The molecule has 0 aromatic heterocycles. The number of halogens is 1. The highest BCUT2D eigenvalue weighted by molar-refractivity contribution is 5.19. The van der Waals surface area contributed by atoms with Crippen molar-refractivity contribution in [3.05, 3.63) is 35.6 Å². The number of hydrogen-bond donors (Lipinski definition) is 1. The zero-order chi connectivity index (χ0) is 11.5. The van der Waals surface area contributed by atoms with E-state index in [0.717, 1.165) is 5.56 Å². The molecule has 0 spiro atoms. The van der Waals surface area contributed by atoms with Gasteiger partial charge in [-0.3, -0.25) is 0 Å². The summed E-state index contributed by atoms with van der Waals surface area (Å²) in [5.41, 5.74) is 6.12. The molecule has 2 nitrogen and oxygen atoms in total.